The lowest BCUT2D eigenvalue weighted by Gasteiger charge is -2.18. The van der Waals surface area contributed by atoms with Crippen LogP contribution in [0.2, 0.25) is 0 Å². The Morgan fingerprint density at radius 2 is 1.63 bits per heavy atom. The van der Waals surface area contributed by atoms with Crippen molar-refractivity contribution < 1.29 is 14.7 Å². The minimum atomic E-state index is -0.978. The second kappa shape index (κ2) is 8.77. The number of carboxylic acid groups (broad SMARTS) is 1. The fraction of sp³-hybridized carbons (Fsp3) is 0.857. The summed E-state index contributed by atoms with van der Waals surface area (Å²) in [5, 5.41) is 16.2. The number of hydrogen-bond donors (Lipinski definition) is 2. The Bertz CT molecular complexity index is 294. The summed E-state index contributed by atoms with van der Waals surface area (Å²) >= 11 is 0. The number of hydrogen-bond acceptors (Lipinski definition) is 3. The van der Waals surface area contributed by atoms with Crippen molar-refractivity contribution in [1.29, 1.82) is 0 Å². The second-order valence-electron chi connectivity index (χ2n) is 5.30. The van der Waals surface area contributed by atoms with E-state index in [0.717, 1.165) is 32.1 Å². The maximum atomic E-state index is 11.4. The summed E-state index contributed by atoms with van der Waals surface area (Å²) in [6.07, 6.45) is 8.09. The van der Waals surface area contributed by atoms with Gasteiger partial charge in [0, 0.05) is 5.97 Å². The third kappa shape index (κ3) is 6.45. The second-order valence-corrected chi connectivity index (χ2v) is 5.30. The van der Waals surface area contributed by atoms with Crippen LogP contribution in [0.5, 0.6) is 0 Å². The van der Waals surface area contributed by atoms with E-state index in [1.807, 2.05) is 0 Å². The first-order valence-electron chi connectivity index (χ1n) is 7.40. The first-order chi connectivity index (χ1) is 9.13. The number of carboxylic acids is 1. The molecule has 1 heterocycles. The van der Waals surface area contributed by atoms with Crippen molar-refractivity contribution in [2.45, 2.75) is 76.8 Å². The van der Waals surface area contributed by atoms with Crippen molar-refractivity contribution in [3.63, 3.8) is 0 Å². The van der Waals surface area contributed by atoms with Crippen LogP contribution in [0, 0.1) is 0 Å². The van der Waals surface area contributed by atoms with Crippen molar-refractivity contribution in [2.75, 3.05) is 0 Å². The highest BCUT2D eigenvalue weighted by atomic mass is 16.4. The van der Waals surface area contributed by atoms with E-state index >= 15 is 0 Å². The molecule has 5 heteroatoms. The zero-order valence-corrected chi connectivity index (χ0v) is 11.7. The van der Waals surface area contributed by atoms with Gasteiger partial charge in [0.15, 0.2) is 0 Å². The summed E-state index contributed by atoms with van der Waals surface area (Å²) in [7, 11) is 0. The van der Waals surface area contributed by atoms with E-state index in [9.17, 15) is 14.7 Å². The van der Waals surface area contributed by atoms with E-state index in [2.05, 4.69) is 17.6 Å². The van der Waals surface area contributed by atoms with Crippen LogP contribution in [0.25, 0.3) is 0 Å². The summed E-state index contributed by atoms with van der Waals surface area (Å²) in [5.74, 6) is -0.978. The maximum absolute atomic E-state index is 11.4. The normalized spacial score (nSPS) is 22.1. The predicted molar refractivity (Wildman–Crippen MR) is 71.5 cm³/mol. The molecule has 0 aromatic rings. The molecule has 110 valence electrons. The van der Waals surface area contributed by atoms with Gasteiger partial charge in [0.25, 0.3) is 0 Å². The van der Waals surface area contributed by atoms with Crippen LogP contribution >= 0.6 is 0 Å². The van der Waals surface area contributed by atoms with Crippen molar-refractivity contribution in [1.82, 2.24) is 10.6 Å². The smallest absolute Gasteiger partial charge is 0.315 e. The number of amides is 2. The molecule has 0 saturated carbocycles. The highest BCUT2D eigenvalue weighted by Crippen LogP contribution is 2.16. The third-order valence-corrected chi connectivity index (χ3v) is 3.63. The first-order valence-corrected chi connectivity index (χ1v) is 7.40. The van der Waals surface area contributed by atoms with Gasteiger partial charge in [-0.2, -0.15) is 0 Å². The van der Waals surface area contributed by atoms with Gasteiger partial charge in [0.05, 0.1) is 12.1 Å². The SMILES string of the molecule is CCCCC[C@H]1NC(=O)N[C@H]1CCCCCC(=O)[O-]. The Labute approximate surface area is 115 Å². The van der Waals surface area contributed by atoms with Crippen LogP contribution in [-0.4, -0.2) is 24.1 Å². The van der Waals surface area contributed by atoms with Gasteiger partial charge in [-0.25, -0.2) is 4.79 Å². The zero-order chi connectivity index (χ0) is 14.1. The Morgan fingerprint density at radius 1 is 1.05 bits per heavy atom. The predicted octanol–water partition coefficient (Wildman–Crippen LogP) is 1.32. The molecule has 0 aromatic carbocycles. The summed E-state index contributed by atoms with van der Waals surface area (Å²) < 4.78 is 0. The van der Waals surface area contributed by atoms with E-state index < -0.39 is 5.97 Å². The van der Waals surface area contributed by atoms with Crippen LogP contribution in [0.3, 0.4) is 0 Å². The number of carbonyl (C=O) groups excluding carboxylic acids is 2. The molecule has 19 heavy (non-hydrogen) atoms. The molecular weight excluding hydrogens is 244 g/mol. The molecule has 0 aliphatic carbocycles. The number of unbranched alkanes of at least 4 members (excludes halogenated alkanes) is 4. The lowest BCUT2D eigenvalue weighted by molar-refractivity contribution is -0.305. The van der Waals surface area contributed by atoms with Crippen molar-refractivity contribution in [3.05, 3.63) is 0 Å². The van der Waals surface area contributed by atoms with Crippen LogP contribution in [0.1, 0.15) is 64.7 Å². The van der Waals surface area contributed by atoms with Crippen molar-refractivity contribution >= 4 is 12.0 Å². The number of aliphatic carboxylic acids is 1. The average Bonchev–Trinajstić information content (AvgIpc) is 2.69. The van der Waals surface area contributed by atoms with Gasteiger partial charge in [0.2, 0.25) is 0 Å². The monoisotopic (exact) mass is 269 g/mol. The standard InChI is InChI=1S/C14H26N2O3/c1-2-3-5-8-11-12(16-14(19)15-11)9-6-4-7-10-13(17)18/h11-12H,2-10H2,1H3,(H,17,18)(H2,15,16,19)/p-1/t11-,12+/m1/s1. The first kappa shape index (κ1) is 15.8. The Hall–Kier alpha value is -1.26. The van der Waals surface area contributed by atoms with E-state index in [1.165, 1.54) is 12.8 Å². The van der Waals surface area contributed by atoms with E-state index in [4.69, 9.17) is 0 Å². The summed E-state index contributed by atoms with van der Waals surface area (Å²) in [5.41, 5.74) is 0. The molecule has 0 radical (unpaired) electrons. The Balaban J connectivity index is 2.18. The van der Waals surface area contributed by atoms with Gasteiger partial charge in [-0.3, -0.25) is 0 Å². The molecule has 2 atom stereocenters. The average molecular weight is 269 g/mol. The highest BCUT2D eigenvalue weighted by molar-refractivity contribution is 5.77. The van der Waals surface area contributed by atoms with Crippen LogP contribution in [-0.2, 0) is 4.79 Å². The molecule has 0 aromatic heterocycles. The largest absolute Gasteiger partial charge is 0.550 e. The summed E-state index contributed by atoms with van der Waals surface area (Å²) in [4.78, 5) is 21.6. The van der Waals surface area contributed by atoms with Crippen LogP contribution in [0.15, 0.2) is 0 Å². The topological polar surface area (TPSA) is 81.3 Å². The molecule has 0 bridgehead atoms. The number of rotatable bonds is 10. The minimum Gasteiger partial charge on any atom is -0.550 e. The molecule has 0 unspecified atom stereocenters. The van der Waals surface area contributed by atoms with Gasteiger partial charge in [0.1, 0.15) is 0 Å². The van der Waals surface area contributed by atoms with Gasteiger partial charge in [-0.1, -0.05) is 39.0 Å². The maximum Gasteiger partial charge on any atom is 0.315 e. The molecule has 0 spiro atoms. The van der Waals surface area contributed by atoms with Gasteiger partial charge in [-0.15, -0.1) is 0 Å². The van der Waals surface area contributed by atoms with Crippen LogP contribution < -0.4 is 15.7 Å². The lowest BCUT2D eigenvalue weighted by atomic mass is 9.97. The number of nitrogens with one attached hydrogen (secondary N) is 2. The fourth-order valence-electron chi connectivity index (χ4n) is 2.55. The quantitative estimate of drug-likeness (QED) is 0.587. The molecule has 2 N–H and O–H groups in total. The molecule has 1 aliphatic rings. The van der Waals surface area contributed by atoms with Crippen molar-refractivity contribution in [3.8, 4) is 0 Å². The zero-order valence-electron chi connectivity index (χ0n) is 11.7. The van der Waals surface area contributed by atoms with E-state index in [1.54, 1.807) is 0 Å². The highest BCUT2D eigenvalue weighted by Gasteiger charge is 2.30. The minimum absolute atomic E-state index is 0.0683. The molecule has 1 fully saturated rings. The summed E-state index contributed by atoms with van der Waals surface area (Å²) in [6.45, 7) is 2.17. The lowest BCUT2D eigenvalue weighted by Crippen LogP contribution is -2.33. The summed E-state index contributed by atoms with van der Waals surface area (Å²) in [6, 6.07) is 0.369. The number of urea groups is 1. The van der Waals surface area contributed by atoms with Gasteiger partial charge < -0.3 is 20.5 Å². The van der Waals surface area contributed by atoms with Gasteiger partial charge >= 0.3 is 6.03 Å². The third-order valence-electron chi connectivity index (χ3n) is 3.63. The van der Waals surface area contributed by atoms with Gasteiger partial charge in [-0.05, 0) is 25.7 Å². The van der Waals surface area contributed by atoms with E-state index in [0.29, 0.717) is 6.42 Å². The molecule has 1 saturated heterocycles. The number of carbonyl (C=O) groups is 2. The molecule has 5 nitrogen and oxygen atoms in total. The Morgan fingerprint density at radius 3 is 2.16 bits per heavy atom. The molecule has 2 amide bonds. The Kier molecular flexibility index (Phi) is 7.30. The van der Waals surface area contributed by atoms with Crippen LogP contribution in [0.4, 0.5) is 4.79 Å². The molecule has 1 rings (SSSR count). The molecule has 1 aliphatic heterocycles. The van der Waals surface area contributed by atoms with E-state index in [-0.39, 0.29) is 24.5 Å². The molecular formula is C14H25N2O3-. The van der Waals surface area contributed by atoms with Crippen molar-refractivity contribution in [2.24, 2.45) is 0 Å². The fourth-order valence-corrected chi connectivity index (χ4v) is 2.55.